The molecule has 0 aliphatic heterocycles. The highest BCUT2D eigenvalue weighted by Crippen LogP contribution is 2.25. The topological polar surface area (TPSA) is 73.9 Å². The first-order chi connectivity index (χ1) is 12.5. The third-order valence-electron chi connectivity index (χ3n) is 4.71. The van der Waals surface area contributed by atoms with Crippen LogP contribution in [-0.4, -0.2) is 38.2 Å². The summed E-state index contributed by atoms with van der Waals surface area (Å²) < 4.78 is 15.7. The van der Waals surface area contributed by atoms with Crippen molar-refractivity contribution in [3.8, 4) is 11.5 Å². The number of ether oxygens (including phenoxy) is 3. The number of amides is 1. The monoisotopic (exact) mass is 363 g/mol. The fourth-order valence-corrected chi connectivity index (χ4v) is 3.19. The van der Waals surface area contributed by atoms with Gasteiger partial charge in [0.1, 0.15) is 11.5 Å². The summed E-state index contributed by atoms with van der Waals surface area (Å²) in [7, 11) is 3.10. The highest BCUT2D eigenvalue weighted by atomic mass is 16.5. The Morgan fingerprint density at radius 3 is 2.42 bits per heavy atom. The third kappa shape index (κ3) is 5.93. The lowest BCUT2D eigenvalue weighted by molar-refractivity contribution is -0.154. The van der Waals surface area contributed by atoms with Crippen LogP contribution in [0.1, 0.15) is 51.0 Å². The molecule has 0 unspecified atom stereocenters. The molecule has 0 spiro atoms. The van der Waals surface area contributed by atoms with Gasteiger partial charge >= 0.3 is 5.97 Å². The van der Waals surface area contributed by atoms with Gasteiger partial charge in [0.15, 0.2) is 6.10 Å². The number of benzene rings is 1. The van der Waals surface area contributed by atoms with Crippen LogP contribution >= 0.6 is 0 Å². The van der Waals surface area contributed by atoms with E-state index >= 15 is 0 Å². The molecule has 1 N–H and O–H groups in total. The van der Waals surface area contributed by atoms with Crippen LogP contribution in [0.25, 0.3) is 0 Å². The van der Waals surface area contributed by atoms with E-state index < -0.39 is 12.1 Å². The van der Waals surface area contributed by atoms with Gasteiger partial charge in [0.25, 0.3) is 5.91 Å². The lowest BCUT2D eigenvalue weighted by atomic mass is 10.1. The highest BCUT2D eigenvalue weighted by molar-refractivity contribution is 5.84. The van der Waals surface area contributed by atoms with Crippen molar-refractivity contribution in [3.63, 3.8) is 0 Å². The van der Waals surface area contributed by atoms with Crippen LogP contribution in [-0.2, 0) is 20.7 Å². The third-order valence-corrected chi connectivity index (χ3v) is 4.71. The second-order valence-corrected chi connectivity index (χ2v) is 6.68. The zero-order valence-electron chi connectivity index (χ0n) is 15.9. The van der Waals surface area contributed by atoms with E-state index in [0.29, 0.717) is 17.1 Å². The molecule has 26 heavy (non-hydrogen) atoms. The molecular formula is C20H29NO5. The zero-order valence-corrected chi connectivity index (χ0v) is 15.9. The Morgan fingerprint density at radius 2 is 1.81 bits per heavy atom. The summed E-state index contributed by atoms with van der Waals surface area (Å²) in [5, 5.41) is 3.01. The largest absolute Gasteiger partial charge is 0.497 e. The molecule has 1 aliphatic carbocycles. The van der Waals surface area contributed by atoms with Gasteiger partial charge in [-0.3, -0.25) is 9.59 Å². The van der Waals surface area contributed by atoms with E-state index in [2.05, 4.69) is 5.32 Å². The Bertz CT molecular complexity index is 608. The van der Waals surface area contributed by atoms with Gasteiger partial charge in [-0.1, -0.05) is 31.7 Å². The maximum absolute atomic E-state index is 12.3. The highest BCUT2D eigenvalue weighted by Gasteiger charge is 2.22. The minimum Gasteiger partial charge on any atom is -0.497 e. The Hall–Kier alpha value is -2.24. The normalized spacial score (nSPS) is 16.3. The van der Waals surface area contributed by atoms with Crippen molar-refractivity contribution in [2.45, 2.75) is 64.0 Å². The van der Waals surface area contributed by atoms with Crippen LogP contribution in [0.4, 0.5) is 0 Å². The van der Waals surface area contributed by atoms with Crippen LogP contribution in [0.15, 0.2) is 18.2 Å². The first-order valence-electron chi connectivity index (χ1n) is 9.24. The summed E-state index contributed by atoms with van der Waals surface area (Å²) in [6, 6.07) is 5.42. The number of hydrogen-bond donors (Lipinski definition) is 1. The number of esters is 1. The lowest BCUT2D eigenvalue weighted by Gasteiger charge is -2.20. The van der Waals surface area contributed by atoms with Gasteiger partial charge in [-0.25, -0.2) is 0 Å². The Morgan fingerprint density at radius 1 is 1.12 bits per heavy atom. The molecule has 0 aromatic heterocycles. The number of rotatable bonds is 7. The average Bonchev–Trinajstić information content (AvgIpc) is 2.90. The molecule has 0 bridgehead atoms. The molecule has 1 aromatic carbocycles. The summed E-state index contributed by atoms with van der Waals surface area (Å²) >= 11 is 0. The van der Waals surface area contributed by atoms with Gasteiger partial charge in [-0.05, 0) is 25.8 Å². The van der Waals surface area contributed by atoms with Crippen molar-refractivity contribution in [2.24, 2.45) is 0 Å². The molecular weight excluding hydrogens is 334 g/mol. The maximum atomic E-state index is 12.3. The second kappa shape index (κ2) is 10.0. The summed E-state index contributed by atoms with van der Waals surface area (Å²) in [5.74, 6) is 0.510. The first kappa shape index (κ1) is 20.1. The van der Waals surface area contributed by atoms with Crippen LogP contribution in [0.5, 0.6) is 11.5 Å². The fourth-order valence-electron chi connectivity index (χ4n) is 3.19. The molecule has 0 heterocycles. The summed E-state index contributed by atoms with van der Waals surface area (Å²) in [6.45, 7) is 1.61. The predicted octanol–water partition coefficient (Wildman–Crippen LogP) is 3.02. The van der Waals surface area contributed by atoms with E-state index in [0.717, 1.165) is 25.7 Å². The van der Waals surface area contributed by atoms with Crippen molar-refractivity contribution in [1.29, 1.82) is 0 Å². The van der Waals surface area contributed by atoms with E-state index in [1.165, 1.54) is 20.0 Å². The van der Waals surface area contributed by atoms with Crippen molar-refractivity contribution >= 4 is 11.9 Å². The van der Waals surface area contributed by atoms with E-state index in [4.69, 9.17) is 14.2 Å². The lowest BCUT2D eigenvalue weighted by Crippen LogP contribution is -2.42. The Balaban J connectivity index is 1.87. The summed E-state index contributed by atoms with van der Waals surface area (Å²) in [5.41, 5.74) is 0.690. The van der Waals surface area contributed by atoms with Crippen LogP contribution in [0, 0.1) is 0 Å². The van der Waals surface area contributed by atoms with E-state index in [9.17, 15) is 9.59 Å². The van der Waals surface area contributed by atoms with Gasteiger partial charge < -0.3 is 19.5 Å². The molecule has 2 rings (SSSR count). The summed E-state index contributed by atoms with van der Waals surface area (Å²) in [4.78, 5) is 24.5. The fraction of sp³-hybridized carbons (Fsp3) is 0.600. The molecule has 1 aromatic rings. The van der Waals surface area contributed by atoms with Gasteiger partial charge in [-0.15, -0.1) is 0 Å². The van der Waals surface area contributed by atoms with Crippen LogP contribution < -0.4 is 14.8 Å². The first-order valence-corrected chi connectivity index (χ1v) is 9.24. The number of carbonyl (C=O) groups excluding carboxylic acids is 2. The number of carbonyl (C=O) groups is 2. The van der Waals surface area contributed by atoms with E-state index in [-0.39, 0.29) is 18.4 Å². The van der Waals surface area contributed by atoms with Gasteiger partial charge in [0, 0.05) is 17.7 Å². The molecule has 0 saturated heterocycles. The molecule has 6 nitrogen and oxygen atoms in total. The minimum atomic E-state index is -0.810. The number of hydrogen-bond acceptors (Lipinski definition) is 5. The molecule has 6 heteroatoms. The maximum Gasteiger partial charge on any atom is 0.311 e. The van der Waals surface area contributed by atoms with Crippen molar-refractivity contribution < 1.29 is 23.8 Å². The smallest absolute Gasteiger partial charge is 0.311 e. The minimum absolute atomic E-state index is 0.0359. The van der Waals surface area contributed by atoms with Crippen molar-refractivity contribution in [1.82, 2.24) is 5.32 Å². The number of nitrogens with one attached hydrogen (secondary N) is 1. The molecule has 0 radical (unpaired) electrons. The molecule has 144 valence electrons. The van der Waals surface area contributed by atoms with E-state index in [1.807, 2.05) is 0 Å². The molecule has 1 saturated carbocycles. The standard InChI is InChI=1S/C20H29NO5/c1-14(20(23)21-16-8-6-4-5-7-9-16)26-19(22)12-15-10-11-17(24-2)13-18(15)25-3/h10-11,13-14,16H,4-9,12H2,1-3H3,(H,21,23)/t14-/m1/s1. The molecule has 1 atom stereocenters. The van der Waals surface area contributed by atoms with Gasteiger partial charge in [0.2, 0.25) is 0 Å². The van der Waals surface area contributed by atoms with Crippen LogP contribution in [0.2, 0.25) is 0 Å². The summed E-state index contributed by atoms with van der Waals surface area (Å²) in [6.07, 6.45) is 5.93. The van der Waals surface area contributed by atoms with Crippen molar-refractivity contribution in [3.05, 3.63) is 23.8 Å². The SMILES string of the molecule is COc1ccc(CC(=O)O[C@H](C)C(=O)NC2CCCCCC2)c(OC)c1. The predicted molar refractivity (Wildman–Crippen MR) is 98.4 cm³/mol. The molecule has 1 amide bonds. The zero-order chi connectivity index (χ0) is 18.9. The van der Waals surface area contributed by atoms with Crippen LogP contribution in [0.3, 0.4) is 0 Å². The Labute approximate surface area is 155 Å². The Kier molecular flexibility index (Phi) is 7.75. The average molecular weight is 363 g/mol. The van der Waals surface area contributed by atoms with Gasteiger partial charge in [0.05, 0.1) is 20.6 Å². The van der Waals surface area contributed by atoms with Gasteiger partial charge in [-0.2, -0.15) is 0 Å². The van der Waals surface area contributed by atoms with Crippen molar-refractivity contribution in [2.75, 3.05) is 14.2 Å². The quantitative estimate of drug-likeness (QED) is 0.595. The van der Waals surface area contributed by atoms with E-state index in [1.54, 1.807) is 32.2 Å². The number of methoxy groups -OCH3 is 2. The molecule has 1 aliphatic rings. The second-order valence-electron chi connectivity index (χ2n) is 6.68. The molecule has 1 fully saturated rings.